The Bertz CT molecular complexity index is 846. The monoisotopic (exact) mass is 492 g/mol. The number of halogens is 2. The van der Waals surface area contributed by atoms with E-state index in [1.807, 2.05) is 30.3 Å². The lowest BCUT2D eigenvalue weighted by Gasteiger charge is -2.30. The molecular formula is C21H22Br2N2O2. The number of hydrogen-bond donors (Lipinski definition) is 1. The maximum absolute atomic E-state index is 12.5. The zero-order chi connectivity index (χ0) is 19.2. The number of rotatable bonds is 5. The van der Waals surface area contributed by atoms with Crippen molar-refractivity contribution < 1.29 is 9.53 Å². The first-order chi connectivity index (χ1) is 13.1. The molecule has 2 aromatic rings. The molecule has 3 rings (SSSR count). The number of piperidine rings is 1. The molecule has 6 heteroatoms. The van der Waals surface area contributed by atoms with Crippen molar-refractivity contribution in [2.24, 2.45) is 0 Å². The average Bonchev–Trinajstić information content (AvgIpc) is 2.67. The summed E-state index contributed by atoms with van der Waals surface area (Å²) in [5, 5.41) is 3.01. The second-order valence-corrected chi connectivity index (χ2v) is 8.17. The molecule has 1 saturated heterocycles. The zero-order valence-electron chi connectivity index (χ0n) is 15.2. The number of carbonyl (C=O) groups is 1. The Kier molecular flexibility index (Phi) is 6.96. The van der Waals surface area contributed by atoms with Gasteiger partial charge in [0.1, 0.15) is 5.75 Å². The van der Waals surface area contributed by atoms with Gasteiger partial charge in [0.15, 0.2) is 0 Å². The van der Waals surface area contributed by atoms with E-state index in [1.54, 1.807) is 13.2 Å². The third-order valence-electron chi connectivity index (χ3n) is 4.51. The first kappa shape index (κ1) is 20.0. The van der Waals surface area contributed by atoms with Crippen LogP contribution in [0.5, 0.6) is 5.75 Å². The van der Waals surface area contributed by atoms with Crippen LogP contribution in [0.2, 0.25) is 0 Å². The van der Waals surface area contributed by atoms with E-state index in [4.69, 9.17) is 4.74 Å². The van der Waals surface area contributed by atoms with Crippen LogP contribution >= 0.6 is 31.9 Å². The molecule has 0 aliphatic carbocycles. The first-order valence-electron chi connectivity index (χ1n) is 8.94. The number of methoxy groups -OCH3 is 1. The van der Waals surface area contributed by atoms with Gasteiger partial charge in [-0.2, -0.15) is 0 Å². The molecule has 0 radical (unpaired) electrons. The number of anilines is 2. The number of ether oxygens (including phenoxy) is 1. The van der Waals surface area contributed by atoms with Crippen LogP contribution in [-0.4, -0.2) is 26.1 Å². The molecule has 0 spiro atoms. The highest BCUT2D eigenvalue weighted by atomic mass is 79.9. The number of para-hydroxylation sites is 2. The van der Waals surface area contributed by atoms with Crippen LogP contribution in [0.3, 0.4) is 0 Å². The number of nitrogens with one attached hydrogen (secondary N) is 1. The van der Waals surface area contributed by atoms with Gasteiger partial charge < -0.3 is 15.0 Å². The topological polar surface area (TPSA) is 41.6 Å². The molecule has 0 saturated carbocycles. The summed E-state index contributed by atoms with van der Waals surface area (Å²) in [6.45, 7) is 2.07. The van der Waals surface area contributed by atoms with Gasteiger partial charge in [-0.25, -0.2) is 0 Å². The van der Waals surface area contributed by atoms with Gasteiger partial charge in [0.25, 0.3) is 0 Å². The molecule has 142 valence electrons. The van der Waals surface area contributed by atoms with E-state index in [1.165, 1.54) is 25.3 Å². The minimum Gasteiger partial charge on any atom is -0.495 e. The van der Waals surface area contributed by atoms with Crippen molar-refractivity contribution in [3.63, 3.8) is 0 Å². The summed E-state index contributed by atoms with van der Waals surface area (Å²) >= 11 is 6.94. The predicted molar refractivity (Wildman–Crippen MR) is 119 cm³/mol. The number of nitrogens with zero attached hydrogens (tertiary/aromatic N) is 1. The van der Waals surface area contributed by atoms with Gasteiger partial charge in [0.2, 0.25) is 5.91 Å². The number of benzene rings is 2. The lowest BCUT2D eigenvalue weighted by Crippen LogP contribution is -2.30. The van der Waals surface area contributed by atoms with E-state index < -0.39 is 0 Å². The van der Waals surface area contributed by atoms with Crippen molar-refractivity contribution in [1.29, 1.82) is 0 Å². The Morgan fingerprint density at radius 2 is 1.89 bits per heavy atom. The minimum absolute atomic E-state index is 0.169. The molecule has 27 heavy (non-hydrogen) atoms. The highest BCUT2D eigenvalue weighted by Crippen LogP contribution is 2.33. The van der Waals surface area contributed by atoms with Gasteiger partial charge in [-0.15, -0.1) is 0 Å². The number of hydrogen-bond acceptors (Lipinski definition) is 3. The Morgan fingerprint density at radius 3 is 2.63 bits per heavy atom. The quantitative estimate of drug-likeness (QED) is 0.530. The highest BCUT2D eigenvalue weighted by Gasteiger charge is 2.15. The Labute approximate surface area is 176 Å². The lowest BCUT2D eigenvalue weighted by atomic mass is 10.1. The van der Waals surface area contributed by atoms with E-state index in [9.17, 15) is 4.79 Å². The van der Waals surface area contributed by atoms with E-state index in [2.05, 4.69) is 48.1 Å². The summed E-state index contributed by atoms with van der Waals surface area (Å²) in [7, 11) is 1.61. The summed E-state index contributed by atoms with van der Waals surface area (Å²) in [4.78, 5) is 14.9. The predicted octanol–water partition coefficient (Wildman–Crippen LogP) is 5.86. The fraction of sp³-hybridized carbons (Fsp3) is 0.286. The van der Waals surface area contributed by atoms with Gasteiger partial charge >= 0.3 is 0 Å². The second kappa shape index (κ2) is 9.42. The molecule has 0 bridgehead atoms. The Hall–Kier alpha value is -1.79. The molecule has 1 heterocycles. The SMILES string of the molecule is COc1c(Br)cc(Br)cc1C=CC(=O)Nc1ccccc1N1CCCCC1. The molecule has 2 aromatic carbocycles. The summed E-state index contributed by atoms with van der Waals surface area (Å²) in [6.07, 6.45) is 6.95. The fourth-order valence-corrected chi connectivity index (χ4v) is 4.67. The van der Waals surface area contributed by atoms with Crippen molar-refractivity contribution in [3.8, 4) is 5.75 Å². The number of amides is 1. The average molecular weight is 494 g/mol. The fourth-order valence-electron chi connectivity index (χ4n) is 3.25. The van der Waals surface area contributed by atoms with Crippen LogP contribution in [-0.2, 0) is 4.79 Å². The third kappa shape index (κ3) is 5.14. The highest BCUT2D eigenvalue weighted by molar-refractivity contribution is 9.11. The van der Waals surface area contributed by atoms with Crippen LogP contribution in [0.4, 0.5) is 11.4 Å². The molecule has 1 aliphatic heterocycles. The molecule has 1 aliphatic rings. The van der Waals surface area contributed by atoms with Gasteiger partial charge in [0.05, 0.1) is 23.0 Å². The summed E-state index contributed by atoms with van der Waals surface area (Å²) in [6, 6.07) is 11.8. The Morgan fingerprint density at radius 1 is 1.15 bits per heavy atom. The van der Waals surface area contributed by atoms with Gasteiger partial charge in [-0.1, -0.05) is 28.1 Å². The molecule has 0 unspecified atom stereocenters. The normalized spacial score (nSPS) is 14.4. The van der Waals surface area contributed by atoms with Crippen molar-refractivity contribution in [3.05, 3.63) is 57.0 Å². The maximum Gasteiger partial charge on any atom is 0.248 e. The van der Waals surface area contributed by atoms with Crippen LogP contribution in [0, 0.1) is 0 Å². The van der Waals surface area contributed by atoms with Crippen LogP contribution in [0.15, 0.2) is 51.4 Å². The summed E-state index contributed by atoms with van der Waals surface area (Å²) < 4.78 is 7.16. The van der Waals surface area contributed by atoms with Gasteiger partial charge in [-0.3, -0.25) is 4.79 Å². The molecular weight excluding hydrogens is 472 g/mol. The van der Waals surface area contributed by atoms with E-state index >= 15 is 0 Å². The molecule has 0 atom stereocenters. The van der Waals surface area contributed by atoms with Crippen LogP contribution < -0.4 is 15.0 Å². The molecule has 1 amide bonds. The van der Waals surface area contributed by atoms with Crippen LogP contribution in [0.1, 0.15) is 24.8 Å². The largest absolute Gasteiger partial charge is 0.495 e. The van der Waals surface area contributed by atoms with E-state index in [-0.39, 0.29) is 5.91 Å². The zero-order valence-corrected chi connectivity index (χ0v) is 18.3. The van der Waals surface area contributed by atoms with Gasteiger partial charge in [-0.05, 0) is 65.5 Å². The third-order valence-corrected chi connectivity index (χ3v) is 5.56. The molecule has 1 fully saturated rings. The number of carbonyl (C=O) groups excluding carboxylic acids is 1. The van der Waals surface area contributed by atoms with E-state index in [0.717, 1.165) is 39.0 Å². The summed E-state index contributed by atoms with van der Waals surface area (Å²) in [5.41, 5.74) is 2.75. The minimum atomic E-state index is -0.169. The van der Waals surface area contributed by atoms with Crippen molar-refractivity contribution >= 4 is 55.2 Å². The van der Waals surface area contributed by atoms with Crippen molar-refractivity contribution in [1.82, 2.24) is 0 Å². The maximum atomic E-state index is 12.5. The van der Waals surface area contributed by atoms with Crippen molar-refractivity contribution in [2.45, 2.75) is 19.3 Å². The molecule has 0 aromatic heterocycles. The van der Waals surface area contributed by atoms with Gasteiger partial charge in [0, 0.05) is 29.2 Å². The standard InChI is InChI=1S/C21H22Br2N2O2/c1-27-21-15(13-16(22)14-17(21)23)9-10-20(26)24-18-7-3-4-8-19(18)25-11-5-2-6-12-25/h3-4,7-10,13-14H,2,5-6,11-12H2,1H3,(H,24,26). The molecule has 1 N–H and O–H groups in total. The summed E-state index contributed by atoms with van der Waals surface area (Å²) in [5.74, 6) is 0.522. The Balaban J connectivity index is 1.76. The van der Waals surface area contributed by atoms with Crippen LogP contribution in [0.25, 0.3) is 6.08 Å². The molecule has 4 nitrogen and oxygen atoms in total. The smallest absolute Gasteiger partial charge is 0.248 e. The lowest BCUT2D eigenvalue weighted by molar-refractivity contribution is -0.111. The second-order valence-electron chi connectivity index (χ2n) is 6.40. The van der Waals surface area contributed by atoms with E-state index in [0.29, 0.717) is 5.75 Å². The first-order valence-corrected chi connectivity index (χ1v) is 10.5. The van der Waals surface area contributed by atoms with Crippen molar-refractivity contribution in [2.75, 3.05) is 30.4 Å².